The van der Waals surface area contributed by atoms with E-state index in [0.717, 1.165) is 11.1 Å². The number of hydrogen-bond acceptors (Lipinski definition) is 7. The van der Waals surface area contributed by atoms with Gasteiger partial charge in [-0.15, -0.1) is 5.10 Å². The summed E-state index contributed by atoms with van der Waals surface area (Å²) in [6, 6.07) is 9.94. The molecule has 0 atom stereocenters. The molecule has 0 bridgehead atoms. The molecule has 9 nitrogen and oxygen atoms in total. The molecule has 0 heterocycles. The third-order valence-corrected chi connectivity index (χ3v) is 3.64. The average molecular weight is 409 g/mol. The van der Waals surface area contributed by atoms with Crippen molar-refractivity contribution in [3.05, 3.63) is 59.7 Å². The third-order valence-electron chi connectivity index (χ3n) is 3.64. The minimum Gasteiger partial charge on any atom is -0.504 e. The lowest BCUT2D eigenvalue weighted by Crippen LogP contribution is -2.26. The first-order valence-corrected chi connectivity index (χ1v) is 8.76. The minimum absolute atomic E-state index is 0.0157. The molecule has 0 aliphatic heterocycles. The maximum atomic E-state index is 9.56. The van der Waals surface area contributed by atoms with Gasteiger partial charge in [0.2, 0.25) is 5.96 Å². The minimum atomic E-state index is 0.0157. The Balaban J connectivity index is 1.82. The molecule has 0 unspecified atom stereocenters. The van der Waals surface area contributed by atoms with Crippen LogP contribution in [0.5, 0.6) is 23.0 Å². The molecule has 2 aromatic rings. The highest BCUT2D eigenvalue weighted by atomic mass is 16.5. The van der Waals surface area contributed by atoms with Crippen LogP contribution in [0, 0.1) is 0 Å². The van der Waals surface area contributed by atoms with Crippen molar-refractivity contribution in [3.8, 4) is 23.0 Å². The molecular weight excluding hydrogens is 386 g/mol. The molecule has 5 N–H and O–H groups in total. The number of phenols is 2. The van der Waals surface area contributed by atoms with Crippen molar-refractivity contribution in [2.24, 2.45) is 21.0 Å². The molecule has 0 aliphatic rings. The van der Waals surface area contributed by atoms with E-state index in [4.69, 9.17) is 15.2 Å². The lowest BCUT2D eigenvalue weighted by atomic mass is 10.2. The molecule has 0 spiro atoms. The van der Waals surface area contributed by atoms with Gasteiger partial charge in [0.25, 0.3) is 0 Å². The monoisotopic (exact) mass is 409 g/mol. The van der Waals surface area contributed by atoms with E-state index in [1.165, 1.54) is 26.6 Å². The summed E-state index contributed by atoms with van der Waals surface area (Å²) >= 11 is 0. The first-order chi connectivity index (χ1) is 14.5. The topological polar surface area (TPSA) is 134 Å². The Bertz CT molecular complexity index is 997. The van der Waals surface area contributed by atoms with Gasteiger partial charge < -0.3 is 25.4 Å². The fraction of sp³-hybridized carbons (Fsp3) is 0.0952. The van der Waals surface area contributed by atoms with E-state index in [1.54, 1.807) is 60.7 Å². The predicted octanol–water partition coefficient (Wildman–Crippen LogP) is 2.72. The summed E-state index contributed by atoms with van der Waals surface area (Å²) in [4.78, 5) is 0. The van der Waals surface area contributed by atoms with E-state index in [1.807, 2.05) is 0 Å². The predicted molar refractivity (Wildman–Crippen MR) is 119 cm³/mol. The number of methoxy groups -OCH3 is 2. The van der Waals surface area contributed by atoms with Crippen LogP contribution >= 0.6 is 0 Å². The molecular formula is C21H23N5O4. The zero-order chi connectivity index (χ0) is 21.8. The van der Waals surface area contributed by atoms with E-state index in [2.05, 4.69) is 20.7 Å². The molecule has 0 saturated heterocycles. The van der Waals surface area contributed by atoms with Gasteiger partial charge in [-0.25, -0.2) is 5.43 Å². The fourth-order valence-corrected chi connectivity index (χ4v) is 2.21. The smallest absolute Gasteiger partial charge is 0.234 e. The molecule has 0 fully saturated rings. The number of allylic oxidation sites excluding steroid dienone is 2. The maximum absolute atomic E-state index is 9.56. The Kier molecular flexibility index (Phi) is 8.48. The normalized spacial score (nSPS) is 12.4. The summed E-state index contributed by atoms with van der Waals surface area (Å²) in [5.41, 5.74) is 9.83. The summed E-state index contributed by atoms with van der Waals surface area (Å²) < 4.78 is 10.1. The van der Waals surface area contributed by atoms with Gasteiger partial charge in [-0.2, -0.15) is 10.2 Å². The van der Waals surface area contributed by atoms with Crippen molar-refractivity contribution in [2.75, 3.05) is 14.2 Å². The Labute approximate surface area is 174 Å². The Morgan fingerprint density at radius 3 is 1.97 bits per heavy atom. The zero-order valence-electron chi connectivity index (χ0n) is 16.6. The number of ether oxygens (including phenoxy) is 2. The van der Waals surface area contributed by atoms with E-state index in [9.17, 15) is 10.2 Å². The Morgan fingerprint density at radius 2 is 1.43 bits per heavy atom. The van der Waals surface area contributed by atoms with Crippen LogP contribution in [-0.2, 0) is 0 Å². The molecule has 9 heteroatoms. The van der Waals surface area contributed by atoms with Crippen LogP contribution in [-0.4, -0.2) is 42.8 Å². The zero-order valence-corrected chi connectivity index (χ0v) is 16.6. The number of guanidine groups is 1. The van der Waals surface area contributed by atoms with Crippen LogP contribution in [0.25, 0.3) is 12.2 Å². The summed E-state index contributed by atoms with van der Waals surface area (Å²) in [5.74, 6) is 0.941. The average Bonchev–Trinajstić information content (AvgIpc) is 2.75. The van der Waals surface area contributed by atoms with Crippen molar-refractivity contribution >= 4 is 30.5 Å². The highest BCUT2D eigenvalue weighted by Gasteiger charge is 2.00. The molecule has 0 saturated carbocycles. The number of hydrazone groups is 1. The van der Waals surface area contributed by atoms with Crippen molar-refractivity contribution in [2.45, 2.75) is 0 Å². The van der Waals surface area contributed by atoms with E-state index in [0.29, 0.717) is 11.5 Å². The number of nitrogens with one attached hydrogen (secondary N) is 1. The Hall–Kier alpha value is -4.27. The van der Waals surface area contributed by atoms with Crippen LogP contribution < -0.4 is 20.6 Å². The third kappa shape index (κ3) is 7.04. The fourth-order valence-electron chi connectivity index (χ4n) is 2.21. The van der Waals surface area contributed by atoms with Crippen LogP contribution in [0.15, 0.2) is 63.9 Å². The molecule has 0 radical (unpaired) electrons. The maximum Gasteiger partial charge on any atom is 0.234 e. The van der Waals surface area contributed by atoms with Gasteiger partial charge in [0.15, 0.2) is 23.0 Å². The molecule has 0 aliphatic carbocycles. The molecule has 0 amide bonds. The van der Waals surface area contributed by atoms with Gasteiger partial charge in [-0.05, 0) is 47.5 Å². The van der Waals surface area contributed by atoms with Crippen molar-refractivity contribution in [3.63, 3.8) is 0 Å². The summed E-state index contributed by atoms with van der Waals surface area (Å²) in [7, 11) is 2.97. The molecule has 2 aromatic carbocycles. The number of phenolic OH excluding ortho intramolecular Hbond substituents is 2. The van der Waals surface area contributed by atoms with Gasteiger partial charge in [0.1, 0.15) is 0 Å². The second-order valence-electron chi connectivity index (χ2n) is 5.72. The van der Waals surface area contributed by atoms with Crippen LogP contribution in [0.3, 0.4) is 0 Å². The number of benzene rings is 2. The van der Waals surface area contributed by atoms with Gasteiger partial charge in [0.05, 0.1) is 14.2 Å². The standard InChI is InChI=1S/C21H23N5O4/c1-29-19-13-15(7-9-17(19)27)5-3-11-23-25-21(22)26-24-12-4-6-16-8-10-18(28)20(14-16)30-2/h3-14,27-28H,1-2H3,(H3,22,25,26)/b5-3+,6-4+,23-11+,24-12+. The van der Waals surface area contributed by atoms with Crippen molar-refractivity contribution < 1.29 is 19.7 Å². The summed E-state index contributed by atoms with van der Waals surface area (Å²) in [6.45, 7) is 0. The van der Waals surface area contributed by atoms with E-state index in [-0.39, 0.29) is 17.5 Å². The van der Waals surface area contributed by atoms with Gasteiger partial charge >= 0.3 is 0 Å². The number of aromatic hydroxyl groups is 2. The van der Waals surface area contributed by atoms with Crippen LogP contribution in [0.1, 0.15) is 11.1 Å². The Morgan fingerprint density at radius 1 is 0.900 bits per heavy atom. The number of rotatable bonds is 8. The molecule has 0 aromatic heterocycles. The largest absolute Gasteiger partial charge is 0.504 e. The highest BCUT2D eigenvalue weighted by Crippen LogP contribution is 2.27. The number of nitrogens with zero attached hydrogens (tertiary/aromatic N) is 3. The first kappa shape index (κ1) is 22.0. The van der Waals surface area contributed by atoms with Gasteiger partial charge in [-0.1, -0.05) is 24.3 Å². The molecule has 30 heavy (non-hydrogen) atoms. The molecule has 156 valence electrons. The second-order valence-corrected chi connectivity index (χ2v) is 5.72. The lowest BCUT2D eigenvalue weighted by Gasteiger charge is -2.03. The van der Waals surface area contributed by atoms with E-state index < -0.39 is 0 Å². The van der Waals surface area contributed by atoms with Crippen LogP contribution in [0.2, 0.25) is 0 Å². The van der Waals surface area contributed by atoms with E-state index >= 15 is 0 Å². The number of nitrogens with two attached hydrogens (primary N) is 1. The van der Waals surface area contributed by atoms with Gasteiger partial charge in [-0.3, -0.25) is 0 Å². The highest BCUT2D eigenvalue weighted by molar-refractivity contribution is 5.83. The van der Waals surface area contributed by atoms with Crippen molar-refractivity contribution in [1.29, 1.82) is 0 Å². The quantitative estimate of drug-likeness (QED) is 0.301. The second kappa shape index (κ2) is 11.5. The SMILES string of the molecule is COc1cc(/C=C/C=N/N=C(\N)N/N=C/C=C/c2ccc(O)c(OC)c2)ccc1O. The number of hydrogen-bond donors (Lipinski definition) is 4. The summed E-state index contributed by atoms with van der Waals surface area (Å²) in [5, 5.41) is 30.6. The van der Waals surface area contributed by atoms with Gasteiger partial charge in [0, 0.05) is 12.4 Å². The summed E-state index contributed by atoms with van der Waals surface area (Å²) in [6.07, 6.45) is 9.84. The van der Waals surface area contributed by atoms with Crippen molar-refractivity contribution in [1.82, 2.24) is 5.43 Å². The lowest BCUT2D eigenvalue weighted by molar-refractivity contribution is 0.373. The first-order valence-electron chi connectivity index (χ1n) is 8.76. The van der Waals surface area contributed by atoms with Crippen LogP contribution in [0.4, 0.5) is 0 Å². The molecule has 2 rings (SSSR count).